The Morgan fingerprint density at radius 3 is 2.50 bits per heavy atom. The highest BCUT2D eigenvalue weighted by Crippen LogP contribution is 2.68. The zero-order chi connectivity index (χ0) is 22.3. The normalized spacial score (nSPS) is 38.5. The van der Waals surface area contributed by atoms with E-state index >= 15 is 0 Å². The number of ether oxygens (including phenoxy) is 2. The molecule has 2 saturated carbocycles. The monoisotopic (exact) mass is 420 g/mol. The van der Waals surface area contributed by atoms with Gasteiger partial charge in [0.15, 0.2) is 6.10 Å². The van der Waals surface area contributed by atoms with Gasteiger partial charge in [-0.15, -0.1) is 0 Å². The molecule has 170 valence electrons. The Morgan fingerprint density at radius 2 is 1.87 bits per heavy atom. The lowest BCUT2D eigenvalue weighted by atomic mass is 9.40. The molecule has 0 aliphatic heterocycles. The van der Waals surface area contributed by atoms with Gasteiger partial charge in [0.1, 0.15) is 6.61 Å². The van der Waals surface area contributed by atoms with Crippen molar-refractivity contribution < 1.29 is 24.2 Å². The maximum atomic E-state index is 13.3. The van der Waals surface area contributed by atoms with Crippen LogP contribution in [0.3, 0.4) is 0 Å². The van der Waals surface area contributed by atoms with Gasteiger partial charge in [-0.1, -0.05) is 52.7 Å². The maximum Gasteiger partial charge on any atom is 0.309 e. The first kappa shape index (κ1) is 23.3. The highest BCUT2D eigenvalue weighted by molar-refractivity contribution is 5.74. The van der Waals surface area contributed by atoms with Crippen molar-refractivity contribution in [2.24, 2.45) is 34.0 Å². The SMILES string of the molecule is CC(=O)O[C@@H](CO)COC(=O)[C@@H]1[C@@H](C)CC[C@@]2(C)[C@@H]3CCCC(C)(C)C3=CC[C@@]12C. The standard InChI is InChI=1S/C25H40O5/c1-16-9-12-24(5)20-8-7-11-23(3,4)19(20)10-13-25(24,6)21(16)22(28)29-15-18(14-26)30-17(2)27/h10,16,18,20-21,26H,7-9,11-15H2,1-6H3/t16-,18-,20+,21-,24-,25-/m0/s1. The van der Waals surface area contributed by atoms with Crippen LogP contribution in [0.25, 0.3) is 0 Å². The molecule has 5 heteroatoms. The molecule has 3 rings (SSSR count). The van der Waals surface area contributed by atoms with E-state index < -0.39 is 12.1 Å². The molecule has 0 heterocycles. The number of allylic oxidation sites excluding steroid dienone is 2. The van der Waals surface area contributed by atoms with Gasteiger partial charge in [0.25, 0.3) is 0 Å². The summed E-state index contributed by atoms with van der Waals surface area (Å²) >= 11 is 0. The van der Waals surface area contributed by atoms with Crippen molar-refractivity contribution in [1.29, 1.82) is 0 Å². The summed E-state index contributed by atoms with van der Waals surface area (Å²) in [5, 5.41) is 9.43. The van der Waals surface area contributed by atoms with E-state index in [0.29, 0.717) is 5.92 Å². The number of esters is 2. The number of hydrogen-bond donors (Lipinski definition) is 1. The second kappa shape index (κ2) is 8.29. The van der Waals surface area contributed by atoms with Gasteiger partial charge in [-0.25, -0.2) is 0 Å². The largest absolute Gasteiger partial charge is 0.461 e. The van der Waals surface area contributed by atoms with Crippen LogP contribution in [0.15, 0.2) is 11.6 Å². The van der Waals surface area contributed by atoms with Crippen molar-refractivity contribution in [3.05, 3.63) is 11.6 Å². The summed E-state index contributed by atoms with van der Waals surface area (Å²) in [6.45, 7) is 12.4. The average Bonchev–Trinajstić information content (AvgIpc) is 2.66. The zero-order valence-electron chi connectivity index (χ0n) is 19.6. The minimum absolute atomic E-state index is 0.0667. The second-order valence-electron chi connectivity index (χ2n) is 11.1. The summed E-state index contributed by atoms with van der Waals surface area (Å²) < 4.78 is 10.7. The third-order valence-corrected chi connectivity index (χ3v) is 8.85. The molecule has 3 aliphatic rings. The van der Waals surface area contributed by atoms with Gasteiger partial charge in [0.05, 0.1) is 12.5 Å². The fraction of sp³-hybridized carbons (Fsp3) is 0.840. The number of carbonyl (C=O) groups is 2. The van der Waals surface area contributed by atoms with Crippen LogP contribution in [0.5, 0.6) is 0 Å². The van der Waals surface area contributed by atoms with Gasteiger partial charge >= 0.3 is 11.9 Å². The zero-order valence-corrected chi connectivity index (χ0v) is 19.6. The minimum Gasteiger partial charge on any atom is -0.461 e. The molecule has 0 spiro atoms. The van der Waals surface area contributed by atoms with Gasteiger partial charge in [-0.3, -0.25) is 9.59 Å². The minimum atomic E-state index is -0.804. The molecule has 2 fully saturated rings. The molecule has 0 amide bonds. The van der Waals surface area contributed by atoms with E-state index in [2.05, 4.69) is 40.7 Å². The highest BCUT2D eigenvalue weighted by atomic mass is 16.6. The van der Waals surface area contributed by atoms with Crippen molar-refractivity contribution in [2.75, 3.05) is 13.2 Å². The molecule has 0 bridgehead atoms. The summed E-state index contributed by atoms with van der Waals surface area (Å²) in [4.78, 5) is 24.5. The van der Waals surface area contributed by atoms with Gasteiger partial charge in [0, 0.05) is 6.92 Å². The summed E-state index contributed by atoms with van der Waals surface area (Å²) in [5.41, 5.74) is 1.74. The third-order valence-electron chi connectivity index (χ3n) is 8.85. The van der Waals surface area contributed by atoms with Crippen molar-refractivity contribution in [1.82, 2.24) is 0 Å². The highest BCUT2D eigenvalue weighted by Gasteiger charge is 2.62. The molecule has 3 aliphatic carbocycles. The second-order valence-corrected chi connectivity index (χ2v) is 11.1. The topological polar surface area (TPSA) is 72.8 Å². The van der Waals surface area contributed by atoms with Crippen LogP contribution in [0.2, 0.25) is 0 Å². The fourth-order valence-corrected chi connectivity index (χ4v) is 6.93. The smallest absolute Gasteiger partial charge is 0.309 e. The molecule has 0 aromatic rings. The third kappa shape index (κ3) is 3.83. The van der Waals surface area contributed by atoms with E-state index in [9.17, 15) is 14.7 Å². The Morgan fingerprint density at radius 1 is 1.17 bits per heavy atom. The number of fused-ring (bicyclic) bond motifs is 3. The Kier molecular flexibility index (Phi) is 6.44. The molecule has 1 N–H and O–H groups in total. The van der Waals surface area contributed by atoms with Crippen LogP contribution in [-0.4, -0.2) is 36.4 Å². The Labute approximate surface area is 181 Å². The Balaban J connectivity index is 1.86. The molecule has 5 nitrogen and oxygen atoms in total. The van der Waals surface area contributed by atoms with Crippen LogP contribution < -0.4 is 0 Å². The summed E-state index contributed by atoms with van der Waals surface area (Å²) in [7, 11) is 0. The van der Waals surface area contributed by atoms with E-state index in [-0.39, 0.29) is 47.3 Å². The van der Waals surface area contributed by atoms with Crippen molar-refractivity contribution in [2.45, 2.75) is 86.2 Å². The predicted molar refractivity (Wildman–Crippen MR) is 116 cm³/mol. The molecule has 0 unspecified atom stereocenters. The summed E-state index contributed by atoms with van der Waals surface area (Å²) in [6, 6.07) is 0. The van der Waals surface area contributed by atoms with E-state index in [1.165, 1.54) is 26.2 Å². The van der Waals surface area contributed by atoms with Crippen molar-refractivity contribution >= 4 is 11.9 Å². The number of aliphatic hydroxyl groups is 1. The van der Waals surface area contributed by atoms with Crippen molar-refractivity contribution in [3.8, 4) is 0 Å². The quantitative estimate of drug-likeness (QED) is 0.517. The molecular weight excluding hydrogens is 380 g/mol. The van der Waals surface area contributed by atoms with Crippen LogP contribution >= 0.6 is 0 Å². The number of hydrogen-bond acceptors (Lipinski definition) is 5. The lowest BCUT2D eigenvalue weighted by molar-refractivity contribution is -0.180. The molecule has 0 aromatic carbocycles. The number of rotatable bonds is 5. The molecule has 0 radical (unpaired) electrons. The van der Waals surface area contributed by atoms with Gasteiger partial charge in [-0.05, 0) is 60.2 Å². The lowest BCUT2D eigenvalue weighted by Gasteiger charge is -2.63. The first-order valence-corrected chi connectivity index (χ1v) is 11.6. The molecule has 30 heavy (non-hydrogen) atoms. The predicted octanol–water partition coefficient (Wildman–Crippen LogP) is 4.67. The van der Waals surface area contributed by atoms with E-state index in [4.69, 9.17) is 9.47 Å². The first-order valence-electron chi connectivity index (χ1n) is 11.6. The maximum absolute atomic E-state index is 13.3. The molecule has 6 atom stereocenters. The molecule has 0 saturated heterocycles. The van der Waals surface area contributed by atoms with E-state index in [1.807, 2.05) is 0 Å². The van der Waals surface area contributed by atoms with Gasteiger partial charge in [0.2, 0.25) is 0 Å². The van der Waals surface area contributed by atoms with Crippen LogP contribution in [0.4, 0.5) is 0 Å². The van der Waals surface area contributed by atoms with Gasteiger partial charge < -0.3 is 14.6 Å². The summed E-state index contributed by atoms with van der Waals surface area (Å²) in [6.07, 6.45) is 8.38. The molecular formula is C25H40O5. The van der Waals surface area contributed by atoms with Crippen LogP contribution in [0.1, 0.15) is 80.1 Å². The average molecular weight is 421 g/mol. The van der Waals surface area contributed by atoms with E-state index in [1.54, 1.807) is 5.57 Å². The van der Waals surface area contributed by atoms with Gasteiger partial charge in [-0.2, -0.15) is 0 Å². The van der Waals surface area contributed by atoms with Crippen LogP contribution in [-0.2, 0) is 19.1 Å². The van der Waals surface area contributed by atoms with Crippen LogP contribution in [0, 0.1) is 34.0 Å². The number of aliphatic hydroxyl groups excluding tert-OH is 1. The lowest BCUT2D eigenvalue weighted by Crippen LogP contribution is -2.58. The number of carbonyl (C=O) groups excluding carboxylic acids is 2. The first-order chi connectivity index (χ1) is 14.0. The fourth-order valence-electron chi connectivity index (χ4n) is 6.93. The Hall–Kier alpha value is -1.36. The summed E-state index contributed by atoms with van der Waals surface area (Å²) in [5.74, 6) is -0.137. The molecule has 0 aromatic heterocycles. The van der Waals surface area contributed by atoms with E-state index in [0.717, 1.165) is 19.3 Å². The Bertz CT molecular complexity index is 710. The van der Waals surface area contributed by atoms with Crippen molar-refractivity contribution in [3.63, 3.8) is 0 Å².